The van der Waals surface area contributed by atoms with Gasteiger partial charge >= 0.3 is 12.1 Å². The highest BCUT2D eigenvalue weighted by atomic mass is 19.4. The number of halogens is 3. The number of hydrogen-bond acceptors (Lipinski definition) is 8. The quantitative estimate of drug-likeness (QED) is 0.187. The lowest BCUT2D eigenvalue weighted by Gasteiger charge is -2.15. The van der Waals surface area contributed by atoms with Crippen LogP contribution in [-0.2, 0) is 33.6 Å². The number of hydrogen-bond donors (Lipinski definition) is 3. The summed E-state index contributed by atoms with van der Waals surface area (Å²) in [6, 6.07) is 17.6. The third kappa shape index (κ3) is 12.6. The van der Waals surface area contributed by atoms with Crippen molar-refractivity contribution in [1.82, 2.24) is 10.3 Å². The van der Waals surface area contributed by atoms with E-state index in [1.54, 1.807) is 37.6 Å². The summed E-state index contributed by atoms with van der Waals surface area (Å²) in [5.74, 6) is -1.59. The number of nitrogens with one attached hydrogen (secondary N) is 1. The molecule has 0 aliphatic carbocycles. The van der Waals surface area contributed by atoms with Crippen molar-refractivity contribution >= 4 is 23.6 Å². The number of guanidine groups is 1. The van der Waals surface area contributed by atoms with Crippen molar-refractivity contribution < 1.29 is 46.9 Å². The molecule has 0 bridgehead atoms. The van der Waals surface area contributed by atoms with Gasteiger partial charge in [-0.1, -0.05) is 36.4 Å². The maximum absolute atomic E-state index is 13.3. The summed E-state index contributed by atoms with van der Waals surface area (Å²) in [6.07, 6.45) is -2.40. The number of aryl methyl sites for hydroxylation is 1. The van der Waals surface area contributed by atoms with Gasteiger partial charge < -0.3 is 25.1 Å². The fourth-order valence-corrected chi connectivity index (χ4v) is 3.94. The van der Waals surface area contributed by atoms with Crippen LogP contribution in [-0.4, -0.2) is 66.8 Å². The molecule has 0 saturated heterocycles. The topological polar surface area (TPSA) is 162 Å². The van der Waals surface area contributed by atoms with Crippen molar-refractivity contribution in [2.75, 3.05) is 20.8 Å². The Morgan fingerprint density at radius 2 is 1.64 bits per heavy atom. The molecule has 1 amide bonds. The van der Waals surface area contributed by atoms with E-state index in [0.29, 0.717) is 48.0 Å². The van der Waals surface area contributed by atoms with E-state index in [0.717, 1.165) is 5.56 Å². The number of ether oxygens (including phenoxy) is 3. The van der Waals surface area contributed by atoms with Gasteiger partial charge in [-0.15, -0.1) is 0 Å². The van der Waals surface area contributed by atoms with Gasteiger partial charge in [-0.05, 0) is 42.3 Å². The Hall–Kier alpha value is -5.14. The first-order chi connectivity index (χ1) is 21.4. The summed E-state index contributed by atoms with van der Waals surface area (Å²) in [6.45, 7) is 2.40. The van der Waals surface area contributed by atoms with Crippen molar-refractivity contribution in [3.8, 4) is 17.2 Å². The molecule has 3 rings (SSSR count). The van der Waals surface area contributed by atoms with Crippen LogP contribution >= 0.6 is 0 Å². The number of alkyl halides is 3. The summed E-state index contributed by atoms with van der Waals surface area (Å²) < 4.78 is 47.9. The number of pyridine rings is 1. The zero-order valence-electron chi connectivity index (χ0n) is 25.0. The molecule has 0 fully saturated rings. The molecule has 1 unspecified atom stereocenters. The number of methoxy groups -OCH3 is 2. The molecule has 3 aromatic rings. The minimum Gasteiger partial charge on any atom is -0.493 e. The van der Waals surface area contributed by atoms with Crippen LogP contribution in [0.5, 0.6) is 17.2 Å². The maximum atomic E-state index is 13.3. The second-order valence-electron chi connectivity index (χ2n) is 9.28. The first-order valence-electron chi connectivity index (χ1n) is 13.6. The highest BCUT2D eigenvalue weighted by molar-refractivity contribution is 5.98. The molecule has 0 aliphatic heterocycles. The number of nitrogens with zero attached hydrogens (tertiary/aromatic N) is 2. The van der Waals surface area contributed by atoms with Crippen LogP contribution in [0.15, 0.2) is 71.9 Å². The van der Waals surface area contributed by atoms with E-state index in [1.165, 1.54) is 7.11 Å². The van der Waals surface area contributed by atoms with Crippen molar-refractivity contribution in [2.24, 2.45) is 10.7 Å². The van der Waals surface area contributed by atoms with Gasteiger partial charge in [0.2, 0.25) is 5.91 Å². The molecule has 242 valence electrons. The van der Waals surface area contributed by atoms with Gasteiger partial charge in [0.1, 0.15) is 11.8 Å². The zero-order valence-corrected chi connectivity index (χ0v) is 25.0. The molecule has 1 heterocycles. The Morgan fingerprint density at radius 3 is 2.24 bits per heavy atom. The van der Waals surface area contributed by atoms with E-state index in [2.05, 4.69) is 15.3 Å². The predicted octanol–water partition coefficient (Wildman–Crippen LogP) is 3.92. The van der Waals surface area contributed by atoms with Crippen LogP contribution < -0.4 is 25.3 Å². The molecule has 2 aromatic carbocycles. The van der Waals surface area contributed by atoms with E-state index in [-0.39, 0.29) is 30.5 Å². The molecule has 1 aromatic heterocycles. The Labute approximate surface area is 258 Å². The van der Waals surface area contributed by atoms with E-state index in [1.807, 2.05) is 43.3 Å². The zero-order chi connectivity index (χ0) is 33.4. The second kappa shape index (κ2) is 17.9. The average Bonchev–Trinajstić information content (AvgIpc) is 3.00. The summed E-state index contributed by atoms with van der Waals surface area (Å²) >= 11 is 0. The average molecular weight is 633 g/mol. The number of amides is 1. The number of aliphatic imine (C=N–C) groups is 1. The number of carbonyl (C=O) groups excluding carboxylic acids is 2. The van der Waals surface area contributed by atoms with Crippen LogP contribution in [0.4, 0.5) is 13.2 Å². The van der Waals surface area contributed by atoms with Gasteiger partial charge in [0.15, 0.2) is 23.2 Å². The highest BCUT2D eigenvalue weighted by Crippen LogP contribution is 2.27. The normalized spacial score (nSPS) is 11.8. The van der Waals surface area contributed by atoms with E-state index in [9.17, 15) is 22.8 Å². The van der Waals surface area contributed by atoms with Crippen molar-refractivity contribution in [1.29, 1.82) is 0 Å². The number of rotatable bonds is 13. The van der Waals surface area contributed by atoms with Crippen molar-refractivity contribution in [2.45, 2.75) is 44.8 Å². The third-order valence-corrected chi connectivity index (χ3v) is 6.02. The van der Waals surface area contributed by atoms with Crippen LogP contribution in [0.25, 0.3) is 0 Å². The van der Waals surface area contributed by atoms with Gasteiger partial charge in [-0.3, -0.25) is 19.9 Å². The van der Waals surface area contributed by atoms with Gasteiger partial charge in [0, 0.05) is 25.5 Å². The largest absolute Gasteiger partial charge is 0.493 e. The fourth-order valence-electron chi connectivity index (χ4n) is 3.94. The number of benzene rings is 2. The minimum absolute atomic E-state index is 0.0494. The third-order valence-electron chi connectivity index (χ3n) is 6.02. The number of carboxylic acids is 1. The van der Waals surface area contributed by atoms with Crippen molar-refractivity contribution in [3.05, 3.63) is 83.7 Å². The lowest BCUT2D eigenvalue weighted by molar-refractivity contribution is -0.192. The number of Topliss-reactive ketones (excluding diaryl/α,β-unsaturated/α-hetero) is 1. The SMILES string of the molecule is CCOc1cccnc1CCC(=O)C(Cc1ccccc1)N=C(N)NC(=O)Cc1ccc(OC)c(OC)c1.O=C(O)C(F)(F)F. The molecular weight excluding hydrogens is 597 g/mol. The van der Waals surface area contributed by atoms with Crippen molar-refractivity contribution in [3.63, 3.8) is 0 Å². The van der Waals surface area contributed by atoms with Crippen LogP contribution in [0.3, 0.4) is 0 Å². The summed E-state index contributed by atoms with van der Waals surface area (Å²) in [7, 11) is 3.07. The number of carboxylic acid groups (broad SMARTS) is 1. The maximum Gasteiger partial charge on any atom is 0.490 e. The molecule has 14 heteroatoms. The standard InChI is InChI=1S/C29H34N4O5.C2HF3O2/c1-4-38-25-11-8-16-31-22(25)13-14-24(34)23(17-20-9-6-5-7-10-20)32-29(30)33-28(35)19-21-12-15-26(36-2)27(18-21)37-3;3-2(4,5)1(6)7/h5-12,15-16,18,23H,4,13-14,17,19H2,1-3H3,(H3,30,32,33,35);(H,6,7). The number of aliphatic carboxylic acids is 1. The van der Waals surface area contributed by atoms with Gasteiger partial charge in [0.05, 0.1) is 32.9 Å². The Balaban J connectivity index is 0.000000900. The Bertz CT molecular complexity index is 1450. The van der Waals surface area contributed by atoms with Gasteiger partial charge in [-0.25, -0.2) is 9.79 Å². The lowest BCUT2D eigenvalue weighted by Crippen LogP contribution is -2.40. The van der Waals surface area contributed by atoms with Gasteiger partial charge in [0.25, 0.3) is 0 Å². The Morgan fingerprint density at radius 1 is 0.978 bits per heavy atom. The smallest absolute Gasteiger partial charge is 0.490 e. The lowest BCUT2D eigenvalue weighted by atomic mass is 9.99. The number of carbonyl (C=O) groups is 3. The first-order valence-corrected chi connectivity index (χ1v) is 13.6. The predicted molar refractivity (Wildman–Crippen MR) is 159 cm³/mol. The molecule has 0 spiro atoms. The number of nitrogens with two attached hydrogens (primary N) is 1. The number of ketones is 1. The van der Waals surface area contributed by atoms with Crippen LogP contribution in [0.2, 0.25) is 0 Å². The second-order valence-corrected chi connectivity index (χ2v) is 9.28. The molecule has 45 heavy (non-hydrogen) atoms. The highest BCUT2D eigenvalue weighted by Gasteiger charge is 2.38. The number of aromatic nitrogens is 1. The molecular formula is C31H35F3N4O7. The molecule has 11 nitrogen and oxygen atoms in total. The van der Waals surface area contributed by atoms with Crippen LogP contribution in [0.1, 0.15) is 30.2 Å². The molecule has 4 N–H and O–H groups in total. The molecule has 0 aliphatic rings. The van der Waals surface area contributed by atoms with Crippen LogP contribution in [0, 0.1) is 0 Å². The Kier molecular flexibility index (Phi) is 14.3. The summed E-state index contributed by atoms with van der Waals surface area (Å²) in [5, 5.41) is 9.72. The molecule has 0 radical (unpaired) electrons. The summed E-state index contributed by atoms with van der Waals surface area (Å²) in [4.78, 5) is 43.6. The summed E-state index contributed by atoms with van der Waals surface area (Å²) in [5.41, 5.74) is 8.44. The molecule has 1 atom stereocenters. The fraction of sp³-hybridized carbons (Fsp3) is 0.323. The van der Waals surface area contributed by atoms with Gasteiger partial charge in [-0.2, -0.15) is 13.2 Å². The first kappa shape index (κ1) is 36.1. The molecule has 0 saturated carbocycles. The van der Waals surface area contributed by atoms with E-state index >= 15 is 0 Å². The van der Waals surface area contributed by atoms with E-state index in [4.69, 9.17) is 29.8 Å². The van der Waals surface area contributed by atoms with E-state index < -0.39 is 18.2 Å². The minimum atomic E-state index is -5.08. The monoisotopic (exact) mass is 632 g/mol.